The van der Waals surface area contributed by atoms with Crippen molar-refractivity contribution in [1.82, 2.24) is 15.1 Å². The average Bonchev–Trinajstić information content (AvgIpc) is 2.39. The number of hydrogen-bond donors (Lipinski definition) is 1. The van der Waals surface area contributed by atoms with Gasteiger partial charge in [-0.15, -0.1) is 0 Å². The van der Waals surface area contributed by atoms with E-state index in [4.69, 9.17) is 0 Å². The summed E-state index contributed by atoms with van der Waals surface area (Å²) in [7, 11) is 0. The molecule has 0 saturated heterocycles. The van der Waals surface area contributed by atoms with Gasteiger partial charge in [0, 0.05) is 24.7 Å². The molecule has 1 N–H and O–H groups in total. The second-order valence-corrected chi connectivity index (χ2v) is 3.59. The summed E-state index contributed by atoms with van der Waals surface area (Å²) in [5.41, 5.74) is 2.29. The normalized spacial score (nSPS) is 9.59. The molecule has 0 aliphatic rings. The summed E-state index contributed by atoms with van der Waals surface area (Å²) in [4.78, 5) is 21.2. The first kappa shape index (κ1) is 15.7. The maximum absolute atomic E-state index is 10.8. The molecule has 0 aromatic carbocycles. The smallest absolute Gasteiger partial charge is 0.548 e. The Morgan fingerprint density at radius 3 is 2.47 bits per heavy atom. The van der Waals surface area contributed by atoms with E-state index in [-0.39, 0.29) is 31.3 Å². The van der Waals surface area contributed by atoms with E-state index in [9.17, 15) is 14.7 Å². The molecule has 1 rings (SSSR count). The molecular formula is C10H14LiN3O3. The maximum Gasteiger partial charge on any atom is 1.00 e. The first-order valence-electron chi connectivity index (χ1n) is 4.89. The summed E-state index contributed by atoms with van der Waals surface area (Å²) < 4.78 is 1.36. The molecule has 0 spiro atoms. The Kier molecular flexibility index (Phi) is 6.00. The second kappa shape index (κ2) is 6.47. The Bertz CT molecular complexity index is 429. The van der Waals surface area contributed by atoms with Crippen molar-refractivity contribution in [1.29, 1.82) is 0 Å². The van der Waals surface area contributed by atoms with Crippen molar-refractivity contribution in [2.45, 2.75) is 33.9 Å². The molecule has 0 unspecified atom stereocenters. The molecule has 0 aliphatic heterocycles. The molecule has 88 valence electrons. The molecule has 17 heavy (non-hydrogen) atoms. The number of amides is 1. The number of carbonyl (C=O) groups excluding carboxylic acids is 2. The number of rotatable bonds is 4. The number of aliphatic carboxylic acids is 1. The van der Waals surface area contributed by atoms with Crippen LogP contribution in [-0.4, -0.2) is 21.7 Å². The summed E-state index contributed by atoms with van der Waals surface area (Å²) in [6.07, 6.45) is 0. The number of carboxylic acids is 1. The third kappa shape index (κ3) is 4.25. The third-order valence-electron chi connectivity index (χ3n) is 2.32. The van der Waals surface area contributed by atoms with Crippen LogP contribution in [0.4, 0.5) is 0 Å². The largest absolute Gasteiger partial charge is 1.00 e. The van der Waals surface area contributed by atoms with E-state index >= 15 is 0 Å². The fourth-order valence-electron chi connectivity index (χ4n) is 1.48. The van der Waals surface area contributed by atoms with Gasteiger partial charge in [0.25, 0.3) is 0 Å². The van der Waals surface area contributed by atoms with Crippen molar-refractivity contribution in [3.63, 3.8) is 0 Å². The molecule has 0 atom stereocenters. The Balaban J connectivity index is 0.00000256. The number of aromatic nitrogens is 2. The summed E-state index contributed by atoms with van der Waals surface area (Å²) in [6.45, 7) is 5.05. The van der Waals surface area contributed by atoms with E-state index in [2.05, 4.69) is 10.4 Å². The van der Waals surface area contributed by atoms with Crippen LogP contribution in [0.2, 0.25) is 0 Å². The minimum Gasteiger partial charge on any atom is -0.548 e. The van der Waals surface area contributed by atoms with E-state index in [0.717, 1.165) is 11.3 Å². The van der Waals surface area contributed by atoms with Gasteiger partial charge in [-0.05, 0) is 13.8 Å². The van der Waals surface area contributed by atoms with Crippen LogP contribution in [0.25, 0.3) is 0 Å². The number of aryl methyl sites for hydroxylation is 1. The molecule has 1 heterocycles. The van der Waals surface area contributed by atoms with Crippen molar-refractivity contribution in [3.8, 4) is 0 Å². The zero-order chi connectivity index (χ0) is 12.3. The monoisotopic (exact) mass is 231 g/mol. The zero-order valence-corrected chi connectivity index (χ0v) is 10.5. The maximum atomic E-state index is 10.8. The van der Waals surface area contributed by atoms with Gasteiger partial charge in [0.05, 0.1) is 18.2 Å². The van der Waals surface area contributed by atoms with Gasteiger partial charge in [-0.3, -0.25) is 9.48 Å². The van der Waals surface area contributed by atoms with Crippen LogP contribution in [0, 0.1) is 13.8 Å². The molecule has 0 radical (unpaired) electrons. The van der Waals surface area contributed by atoms with Crippen molar-refractivity contribution in [2.75, 3.05) is 0 Å². The number of carbonyl (C=O) groups is 2. The van der Waals surface area contributed by atoms with Crippen LogP contribution in [0.15, 0.2) is 0 Å². The topological polar surface area (TPSA) is 87.0 Å². The van der Waals surface area contributed by atoms with E-state index < -0.39 is 5.97 Å². The Morgan fingerprint density at radius 1 is 1.41 bits per heavy atom. The number of nitrogens with one attached hydrogen (secondary N) is 1. The third-order valence-corrected chi connectivity index (χ3v) is 2.32. The molecule has 1 amide bonds. The summed E-state index contributed by atoms with van der Waals surface area (Å²) >= 11 is 0. The van der Waals surface area contributed by atoms with Crippen LogP contribution < -0.4 is 29.3 Å². The van der Waals surface area contributed by atoms with E-state index in [0.29, 0.717) is 12.2 Å². The molecule has 0 bridgehead atoms. The first-order chi connectivity index (χ1) is 7.41. The van der Waals surface area contributed by atoms with Crippen LogP contribution in [0.1, 0.15) is 23.9 Å². The van der Waals surface area contributed by atoms with Gasteiger partial charge >= 0.3 is 18.9 Å². The van der Waals surface area contributed by atoms with Gasteiger partial charge < -0.3 is 15.2 Å². The fourth-order valence-corrected chi connectivity index (χ4v) is 1.48. The van der Waals surface area contributed by atoms with Gasteiger partial charge in [-0.1, -0.05) is 0 Å². The van der Waals surface area contributed by atoms with Gasteiger partial charge in [0.15, 0.2) is 0 Å². The van der Waals surface area contributed by atoms with Crippen LogP contribution in [0.5, 0.6) is 0 Å². The van der Waals surface area contributed by atoms with Gasteiger partial charge in [-0.25, -0.2) is 0 Å². The minimum absolute atomic E-state index is 0. The molecule has 0 aliphatic carbocycles. The molecule has 0 saturated carbocycles. The SMILES string of the molecule is CC(=O)NCc1c(C)nn(CC(=O)[O-])c1C.[Li+]. The van der Waals surface area contributed by atoms with Crippen molar-refractivity contribution < 1.29 is 33.6 Å². The van der Waals surface area contributed by atoms with E-state index in [1.165, 1.54) is 11.6 Å². The van der Waals surface area contributed by atoms with Crippen LogP contribution in [0.3, 0.4) is 0 Å². The van der Waals surface area contributed by atoms with Crippen molar-refractivity contribution in [3.05, 3.63) is 17.0 Å². The molecule has 1 aromatic heterocycles. The predicted molar refractivity (Wildman–Crippen MR) is 54.2 cm³/mol. The van der Waals surface area contributed by atoms with E-state index in [1.54, 1.807) is 13.8 Å². The quantitative estimate of drug-likeness (QED) is 0.533. The average molecular weight is 231 g/mol. The summed E-state index contributed by atoms with van der Waals surface area (Å²) in [6, 6.07) is 0. The summed E-state index contributed by atoms with van der Waals surface area (Å²) in [5, 5.41) is 17.2. The van der Waals surface area contributed by atoms with Crippen molar-refractivity contribution >= 4 is 11.9 Å². The Labute approximate surface area is 112 Å². The molecular weight excluding hydrogens is 217 g/mol. The molecule has 7 heteroatoms. The van der Waals surface area contributed by atoms with Crippen molar-refractivity contribution in [2.24, 2.45) is 0 Å². The Hall–Kier alpha value is -1.25. The standard InChI is InChI=1S/C10H15N3O3.Li/c1-6-9(4-11-8(3)14)7(2)13(12-6)5-10(15)16;/h4-5H2,1-3H3,(H,11,14)(H,15,16);/q;+1/p-1. The predicted octanol–water partition coefficient (Wildman–Crippen LogP) is -4.11. The number of hydrogen-bond acceptors (Lipinski definition) is 4. The van der Waals surface area contributed by atoms with Crippen LogP contribution >= 0.6 is 0 Å². The minimum atomic E-state index is -1.18. The summed E-state index contributed by atoms with van der Waals surface area (Å²) in [5.74, 6) is -1.32. The molecule has 0 fully saturated rings. The fraction of sp³-hybridized carbons (Fsp3) is 0.500. The van der Waals surface area contributed by atoms with E-state index in [1.807, 2.05) is 0 Å². The van der Waals surface area contributed by atoms with Crippen LogP contribution in [-0.2, 0) is 22.7 Å². The van der Waals surface area contributed by atoms with Gasteiger partial charge in [-0.2, -0.15) is 5.10 Å². The molecule has 6 nitrogen and oxygen atoms in total. The first-order valence-corrected chi connectivity index (χ1v) is 4.89. The molecule has 1 aromatic rings. The zero-order valence-electron chi connectivity index (χ0n) is 10.5. The number of carboxylic acid groups (broad SMARTS) is 1. The second-order valence-electron chi connectivity index (χ2n) is 3.59. The Morgan fingerprint density at radius 2 is 2.00 bits per heavy atom. The van der Waals surface area contributed by atoms with Gasteiger partial charge in [0.1, 0.15) is 0 Å². The van der Waals surface area contributed by atoms with Gasteiger partial charge in [0.2, 0.25) is 5.91 Å². The number of nitrogens with zero attached hydrogens (tertiary/aromatic N) is 2.